The van der Waals surface area contributed by atoms with Crippen molar-refractivity contribution < 1.29 is 35.1 Å². The van der Waals surface area contributed by atoms with Gasteiger partial charge in [0, 0.05) is 6.42 Å². The second-order valence-electron chi connectivity index (χ2n) is 6.05. The third-order valence-corrected chi connectivity index (χ3v) is 3.96. The molecule has 7 heteroatoms. The van der Waals surface area contributed by atoms with Crippen molar-refractivity contribution in [2.75, 3.05) is 0 Å². The summed E-state index contributed by atoms with van der Waals surface area (Å²) in [5.41, 5.74) is 1.48. The van der Waals surface area contributed by atoms with Gasteiger partial charge in [-0.15, -0.1) is 0 Å². The fourth-order valence-electron chi connectivity index (χ4n) is 2.27. The van der Waals surface area contributed by atoms with E-state index in [0.29, 0.717) is 18.4 Å². The molecule has 7 nitrogen and oxygen atoms in total. The summed E-state index contributed by atoms with van der Waals surface area (Å²) in [7, 11) is 0. The van der Waals surface area contributed by atoms with Crippen molar-refractivity contribution >= 4 is 11.9 Å². The number of rotatable bonds is 6. The fourth-order valence-corrected chi connectivity index (χ4v) is 2.27. The monoisotopic (exact) mass is 376 g/mol. The molecule has 2 aromatic rings. The molecule has 27 heavy (non-hydrogen) atoms. The topological polar surface area (TPSA) is 135 Å². The fraction of sp³-hybridized carbons (Fsp3) is 0.300. The lowest BCUT2D eigenvalue weighted by Crippen LogP contribution is -2.27. The van der Waals surface area contributed by atoms with E-state index in [0.717, 1.165) is 11.6 Å². The molecule has 0 saturated carbocycles. The standard InChI is InChI=1S/C11H16O3.C9H8O4/c1-2-10(13)11(14)7-8-3-5-9(12)6-4-8;1-5-2-3-6(8(10)11)4-7(5)9(12)13/h3-6,10-14H,2,7H2,1H3;2-4H,1H3,(H,10,11)(H,12,13). The average Bonchev–Trinajstić information content (AvgIpc) is 2.63. The maximum atomic E-state index is 10.6. The summed E-state index contributed by atoms with van der Waals surface area (Å²) < 4.78 is 0. The molecule has 2 atom stereocenters. The Morgan fingerprint density at radius 1 is 0.926 bits per heavy atom. The third-order valence-electron chi connectivity index (χ3n) is 3.96. The van der Waals surface area contributed by atoms with Gasteiger partial charge in [-0.1, -0.05) is 25.1 Å². The first-order valence-corrected chi connectivity index (χ1v) is 8.37. The van der Waals surface area contributed by atoms with Crippen LogP contribution in [0.1, 0.15) is 45.2 Å². The number of carbonyl (C=O) groups is 2. The van der Waals surface area contributed by atoms with E-state index in [1.807, 2.05) is 6.92 Å². The van der Waals surface area contributed by atoms with Crippen LogP contribution in [-0.2, 0) is 6.42 Å². The zero-order valence-corrected chi connectivity index (χ0v) is 15.2. The highest BCUT2D eigenvalue weighted by Crippen LogP contribution is 2.13. The van der Waals surface area contributed by atoms with Crippen LogP contribution in [0.25, 0.3) is 0 Å². The molecule has 0 heterocycles. The summed E-state index contributed by atoms with van der Waals surface area (Å²) in [4.78, 5) is 21.1. The number of aliphatic hydroxyl groups excluding tert-OH is 2. The van der Waals surface area contributed by atoms with E-state index in [1.54, 1.807) is 31.2 Å². The van der Waals surface area contributed by atoms with Crippen LogP contribution >= 0.6 is 0 Å². The van der Waals surface area contributed by atoms with Gasteiger partial charge >= 0.3 is 11.9 Å². The highest BCUT2D eigenvalue weighted by molar-refractivity contribution is 5.94. The number of hydrogen-bond acceptors (Lipinski definition) is 5. The Hall–Kier alpha value is -2.90. The average molecular weight is 376 g/mol. The van der Waals surface area contributed by atoms with Gasteiger partial charge in [-0.3, -0.25) is 0 Å². The second kappa shape index (κ2) is 10.3. The molecule has 2 aromatic carbocycles. The first kappa shape index (κ1) is 22.1. The second-order valence-corrected chi connectivity index (χ2v) is 6.05. The van der Waals surface area contributed by atoms with E-state index < -0.39 is 24.1 Å². The molecule has 146 valence electrons. The summed E-state index contributed by atoms with van der Waals surface area (Å²) in [5, 5.41) is 45.2. The molecule has 2 unspecified atom stereocenters. The van der Waals surface area contributed by atoms with Gasteiger partial charge in [0.15, 0.2) is 0 Å². The summed E-state index contributed by atoms with van der Waals surface area (Å²) in [6.45, 7) is 3.44. The minimum Gasteiger partial charge on any atom is -0.508 e. The number of hydrogen-bond donors (Lipinski definition) is 5. The van der Waals surface area contributed by atoms with Crippen molar-refractivity contribution in [1.29, 1.82) is 0 Å². The molecular formula is C20H24O7. The Bertz CT molecular complexity index is 768. The van der Waals surface area contributed by atoms with Crippen molar-refractivity contribution in [3.63, 3.8) is 0 Å². The number of aromatic hydroxyl groups is 1. The zero-order valence-electron chi connectivity index (χ0n) is 15.2. The van der Waals surface area contributed by atoms with Crippen LogP contribution < -0.4 is 0 Å². The van der Waals surface area contributed by atoms with Crippen LogP contribution in [0.5, 0.6) is 5.75 Å². The molecule has 2 rings (SSSR count). The first-order chi connectivity index (χ1) is 12.6. The maximum Gasteiger partial charge on any atom is 0.335 e. The van der Waals surface area contributed by atoms with Crippen LogP contribution in [0, 0.1) is 6.92 Å². The number of carboxylic acid groups (broad SMARTS) is 2. The van der Waals surface area contributed by atoms with Crippen LogP contribution in [0.2, 0.25) is 0 Å². The molecule has 0 aliphatic rings. The van der Waals surface area contributed by atoms with Gasteiger partial charge in [-0.2, -0.15) is 0 Å². The van der Waals surface area contributed by atoms with E-state index >= 15 is 0 Å². The van der Waals surface area contributed by atoms with Gasteiger partial charge in [0.05, 0.1) is 23.3 Å². The first-order valence-electron chi connectivity index (χ1n) is 8.37. The summed E-state index contributed by atoms with van der Waals surface area (Å²) in [6.07, 6.45) is -0.456. The highest BCUT2D eigenvalue weighted by atomic mass is 16.4. The summed E-state index contributed by atoms with van der Waals surface area (Å²) >= 11 is 0. The number of aryl methyl sites for hydroxylation is 1. The smallest absolute Gasteiger partial charge is 0.335 e. The lowest BCUT2D eigenvalue weighted by Gasteiger charge is -2.15. The van der Waals surface area contributed by atoms with E-state index in [4.69, 9.17) is 15.3 Å². The molecule has 5 N–H and O–H groups in total. The summed E-state index contributed by atoms with van der Waals surface area (Å²) in [5.74, 6) is -2.03. The molecule has 0 aliphatic carbocycles. The van der Waals surface area contributed by atoms with Gasteiger partial charge < -0.3 is 25.5 Å². The lowest BCUT2D eigenvalue weighted by atomic mass is 10.0. The summed E-state index contributed by atoms with van der Waals surface area (Å²) in [6, 6.07) is 10.6. The third kappa shape index (κ3) is 7.08. The Kier molecular flexibility index (Phi) is 8.44. The van der Waals surface area contributed by atoms with Crippen molar-refractivity contribution in [3.05, 3.63) is 64.7 Å². The number of aliphatic hydroxyl groups is 2. The van der Waals surface area contributed by atoms with Crippen LogP contribution in [-0.4, -0.2) is 49.7 Å². The van der Waals surface area contributed by atoms with E-state index in [9.17, 15) is 19.8 Å². The molecule has 0 radical (unpaired) electrons. The van der Waals surface area contributed by atoms with Gasteiger partial charge in [-0.25, -0.2) is 9.59 Å². The Morgan fingerprint density at radius 3 is 2.00 bits per heavy atom. The molecule has 0 bridgehead atoms. The van der Waals surface area contributed by atoms with Crippen molar-refractivity contribution in [2.24, 2.45) is 0 Å². The Labute approximate surface area is 157 Å². The van der Waals surface area contributed by atoms with Gasteiger partial charge in [0.25, 0.3) is 0 Å². The minimum absolute atomic E-state index is 0.0111. The predicted molar refractivity (Wildman–Crippen MR) is 99.2 cm³/mol. The van der Waals surface area contributed by atoms with E-state index in [1.165, 1.54) is 12.1 Å². The van der Waals surface area contributed by atoms with E-state index in [-0.39, 0.29) is 16.9 Å². The SMILES string of the molecule is CCC(O)C(O)Cc1ccc(O)cc1.Cc1ccc(C(=O)O)cc1C(=O)O. The van der Waals surface area contributed by atoms with Crippen molar-refractivity contribution in [2.45, 2.75) is 38.9 Å². The molecule has 0 aromatic heterocycles. The number of phenolic OH excluding ortho intramolecular Hbond substituents is 1. The molecule has 0 amide bonds. The number of aromatic carboxylic acids is 2. The van der Waals surface area contributed by atoms with Crippen LogP contribution in [0.3, 0.4) is 0 Å². The van der Waals surface area contributed by atoms with Crippen molar-refractivity contribution in [1.82, 2.24) is 0 Å². The van der Waals surface area contributed by atoms with Gasteiger partial charge in [0.1, 0.15) is 5.75 Å². The van der Waals surface area contributed by atoms with Gasteiger partial charge in [-0.05, 0) is 48.7 Å². The largest absolute Gasteiger partial charge is 0.508 e. The van der Waals surface area contributed by atoms with Crippen LogP contribution in [0.15, 0.2) is 42.5 Å². The highest BCUT2D eigenvalue weighted by Gasteiger charge is 2.14. The minimum atomic E-state index is -1.12. The Morgan fingerprint density at radius 2 is 1.52 bits per heavy atom. The molecule has 0 aliphatic heterocycles. The Balaban J connectivity index is 0.000000271. The number of benzene rings is 2. The van der Waals surface area contributed by atoms with E-state index in [2.05, 4.69) is 0 Å². The predicted octanol–water partition coefficient (Wildman–Crippen LogP) is 2.46. The zero-order chi connectivity index (χ0) is 20.6. The molecule has 0 fully saturated rings. The lowest BCUT2D eigenvalue weighted by molar-refractivity contribution is 0.0181. The number of carboxylic acids is 2. The molecular weight excluding hydrogens is 352 g/mol. The molecule has 0 saturated heterocycles. The number of phenols is 1. The van der Waals surface area contributed by atoms with Crippen LogP contribution in [0.4, 0.5) is 0 Å². The molecule has 0 spiro atoms. The normalized spacial score (nSPS) is 12.4. The van der Waals surface area contributed by atoms with Crippen molar-refractivity contribution in [3.8, 4) is 5.75 Å². The quantitative estimate of drug-likeness (QED) is 0.522. The van der Waals surface area contributed by atoms with Gasteiger partial charge in [0.2, 0.25) is 0 Å². The maximum absolute atomic E-state index is 10.6.